The third-order valence-electron chi connectivity index (χ3n) is 2.75. The molecule has 0 aliphatic heterocycles. The summed E-state index contributed by atoms with van der Waals surface area (Å²) in [5.41, 5.74) is 0.569. The molecule has 1 unspecified atom stereocenters. The van der Waals surface area contributed by atoms with E-state index in [9.17, 15) is 9.59 Å². The fourth-order valence-electron chi connectivity index (χ4n) is 1.78. The van der Waals surface area contributed by atoms with Crippen LogP contribution in [0.1, 0.15) is 17.9 Å². The van der Waals surface area contributed by atoms with Crippen LogP contribution in [0.25, 0.3) is 0 Å². The van der Waals surface area contributed by atoms with Crippen molar-refractivity contribution in [1.29, 1.82) is 0 Å². The normalized spacial score (nSPS) is 11.5. The number of nitrogens with one attached hydrogen (secondary N) is 1. The highest BCUT2D eigenvalue weighted by Crippen LogP contribution is 2.31. The van der Waals surface area contributed by atoms with Crippen LogP contribution >= 0.6 is 0 Å². The number of hydrogen-bond acceptors (Lipinski definition) is 4. The van der Waals surface area contributed by atoms with Gasteiger partial charge in [-0.25, -0.2) is 0 Å². The highest BCUT2D eigenvalue weighted by Gasteiger charge is 2.23. The van der Waals surface area contributed by atoms with Gasteiger partial charge in [0.05, 0.1) is 26.6 Å². The van der Waals surface area contributed by atoms with Crippen LogP contribution < -0.4 is 14.8 Å². The van der Waals surface area contributed by atoms with E-state index in [2.05, 4.69) is 5.32 Å². The van der Waals surface area contributed by atoms with Crippen molar-refractivity contribution in [3.05, 3.63) is 23.8 Å². The third-order valence-corrected chi connectivity index (χ3v) is 2.75. The van der Waals surface area contributed by atoms with Gasteiger partial charge in [-0.2, -0.15) is 0 Å². The summed E-state index contributed by atoms with van der Waals surface area (Å²) in [6.07, 6.45) is -0.283. The monoisotopic (exact) mass is 267 g/mol. The molecule has 1 amide bonds. The molecule has 2 N–H and O–H groups in total. The van der Waals surface area contributed by atoms with E-state index in [1.54, 1.807) is 18.2 Å². The zero-order valence-electron chi connectivity index (χ0n) is 11.1. The zero-order valence-corrected chi connectivity index (χ0v) is 11.1. The molecule has 104 valence electrons. The molecule has 0 radical (unpaired) electrons. The van der Waals surface area contributed by atoms with Crippen LogP contribution in [-0.2, 0) is 9.59 Å². The second kappa shape index (κ2) is 6.63. The number of carbonyl (C=O) groups excluding carboxylic acids is 1. The van der Waals surface area contributed by atoms with Crippen molar-refractivity contribution in [2.75, 3.05) is 21.3 Å². The lowest BCUT2D eigenvalue weighted by Crippen LogP contribution is -2.27. The molecule has 1 rings (SSSR count). The van der Waals surface area contributed by atoms with Gasteiger partial charge >= 0.3 is 5.97 Å². The number of likely N-dealkylation sites (N-methyl/N-ethyl adjacent to an activating group) is 1. The van der Waals surface area contributed by atoms with Crippen LogP contribution in [0.4, 0.5) is 0 Å². The van der Waals surface area contributed by atoms with Crippen molar-refractivity contribution >= 4 is 11.9 Å². The molecule has 0 bridgehead atoms. The van der Waals surface area contributed by atoms with Gasteiger partial charge in [0, 0.05) is 7.05 Å². The average Bonchev–Trinajstić information content (AvgIpc) is 2.42. The number of methoxy groups -OCH3 is 2. The van der Waals surface area contributed by atoms with Gasteiger partial charge in [-0.3, -0.25) is 9.59 Å². The van der Waals surface area contributed by atoms with Crippen LogP contribution in [-0.4, -0.2) is 38.3 Å². The Bertz CT molecular complexity index is 472. The maximum absolute atomic E-state index is 11.8. The second-order valence-corrected chi connectivity index (χ2v) is 3.88. The molecule has 0 fully saturated rings. The summed E-state index contributed by atoms with van der Waals surface area (Å²) in [4.78, 5) is 22.6. The predicted molar refractivity (Wildman–Crippen MR) is 68.6 cm³/mol. The van der Waals surface area contributed by atoms with Crippen molar-refractivity contribution in [3.63, 3.8) is 0 Å². The highest BCUT2D eigenvalue weighted by molar-refractivity contribution is 5.87. The third kappa shape index (κ3) is 3.61. The van der Waals surface area contributed by atoms with Gasteiger partial charge in [0.15, 0.2) is 11.5 Å². The number of carboxylic acid groups (broad SMARTS) is 1. The molecule has 19 heavy (non-hydrogen) atoms. The van der Waals surface area contributed by atoms with E-state index in [1.807, 2.05) is 0 Å². The molecule has 0 saturated carbocycles. The van der Waals surface area contributed by atoms with Gasteiger partial charge in [-0.1, -0.05) is 6.07 Å². The van der Waals surface area contributed by atoms with Gasteiger partial charge in [-0.15, -0.1) is 0 Å². The number of rotatable bonds is 6. The molecule has 0 spiro atoms. The smallest absolute Gasteiger partial charge is 0.304 e. The maximum Gasteiger partial charge on any atom is 0.304 e. The Kier molecular flexibility index (Phi) is 5.17. The maximum atomic E-state index is 11.8. The zero-order chi connectivity index (χ0) is 14.4. The fraction of sp³-hybridized carbons (Fsp3) is 0.385. The minimum absolute atomic E-state index is 0.283. The van der Waals surface area contributed by atoms with Gasteiger partial charge in [0.2, 0.25) is 5.91 Å². The van der Waals surface area contributed by atoms with Crippen molar-refractivity contribution < 1.29 is 24.2 Å². The van der Waals surface area contributed by atoms with Gasteiger partial charge < -0.3 is 19.9 Å². The van der Waals surface area contributed by atoms with E-state index in [-0.39, 0.29) is 12.3 Å². The molecule has 0 aliphatic carbocycles. The first-order valence-electron chi connectivity index (χ1n) is 5.68. The largest absolute Gasteiger partial charge is 0.493 e. The summed E-state index contributed by atoms with van der Waals surface area (Å²) in [5.74, 6) is -1.17. The van der Waals surface area contributed by atoms with Gasteiger partial charge in [-0.05, 0) is 17.7 Å². The van der Waals surface area contributed by atoms with E-state index in [0.29, 0.717) is 17.1 Å². The van der Waals surface area contributed by atoms with E-state index >= 15 is 0 Å². The molecule has 1 aromatic rings. The van der Waals surface area contributed by atoms with Crippen LogP contribution in [0.2, 0.25) is 0 Å². The number of carboxylic acids is 1. The fourth-order valence-corrected chi connectivity index (χ4v) is 1.78. The van der Waals surface area contributed by atoms with Crippen LogP contribution in [0.3, 0.4) is 0 Å². The highest BCUT2D eigenvalue weighted by atomic mass is 16.5. The summed E-state index contributed by atoms with van der Waals surface area (Å²) in [7, 11) is 4.46. The molecule has 0 aliphatic rings. The first kappa shape index (κ1) is 14.8. The van der Waals surface area contributed by atoms with Crippen molar-refractivity contribution in [2.24, 2.45) is 0 Å². The first-order valence-corrected chi connectivity index (χ1v) is 5.68. The minimum atomic E-state index is -1.04. The topological polar surface area (TPSA) is 84.9 Å². The minimum Gasteiger partial charge on any atom is -0.493 e. The molecule has 1 aromatic carbocycles. The van der Waals surface area contributed by atoms with E-state index in [1.165, 1.54) is 21.3 Å². The number of amides is 1. The van der Waals surface area contributed by atoms with E-state index in [4.69, 9.17) is 14.6 Å². The molecular weight excluding hydrogens is 250 g/mol. The molecule has 6 heteroatoms. The standard InChI is InChI=1S/C13H17NO5/c1-14-13(17)9(7-12(15)16)8-4-5-10(18-2)11(6-8)19-3/h4-6,9H,7H2,1-3H3,(H,14,17)(H,15,16). The lowest BCUT2D eigenvalue weighted by molar-refractivity contribution is -0.139. The summed E-state index contributed by atoms with van der Waals surface area (Å²) in [6, 6.07) is 4.91. The Morgan fingerprint density at radius 1 is 1.26 bits per heavy atom. The van der Waals surface area contributed by atoms with E-state index < -0.39 is 11.9 Å². The summed E-state index contributed by atoms with van der Waals surface area (Å²) < 4.78 is 10.2. The number of hydrogen-bond donors (Lipinski definition) is 2. The summed E-state index contributed by atoms with van der Waals surface area (Å²) >= 11 is 0. The molecule has 0 aromatic heterocycles. The number of aliphatic carboxylic acids is 1. The van der Waals surface area contributed by atoms with Crippen LogP contribution in [0.15, 0.2) is 18.2 Å². The van der Waals surface area contributed by atoms with E-state index in [0.717, 1.165) is 0 Å². The van der Waals surface area contributed by atoms with Crippen molar-refractivity contribution in [2.45, 2.75) is 12.3 Å². The Morgan fingerprint density at radius 2 is 1.89 bits per heavy atom. The molecular formula is C13H17NO5. The Balaban J connectivity index is 3.15. The first-order chi connectivity index (χ1) is 9.03. The van der Waals surface area contributed by atoms with Crippen molar-refractivity contribution in [3.8, 4) is 11.5 Å². The van der Waals surface area contributed by atoms with Crippen molar-refractivity contribution in [1.82, 2.24) is 5.32 Å². The van der Waals surface area contributed by atoms with Gasteiger partial charge in [0.25, 0.3) is 0 Å². The molecule has 0 heterocycles. The number of carbonyl (C=O) groups is 2. The molecule has 1 atom stereocenters. The number of ether oxygens (including phenoxy) is 2. The number of benzene rings is 1. The lowest BCUT2D eigenvalue weighted by atomic mass is 9.94. The molecule has 0 saturated heterocycles. The Morgan fingerprint density at radius 3 is 2.37 bits per heavy atom. The van der Waals surface area contributed by atoms with Crippen LogP contribution in [0, 0.1) is 0 Å². The second-order valence-electron chi connectivity index (χ2n) is 3.88. The Hall–Kier alpha value is -2.24. The molecule has 6 nitrogen and oxygen atoms in total. The SMILES string of the molecule is CNC(=O)C(CC(=O)O)c1ccc(OC)c(OC)c1. The summed E-state index contributed by atoms with van der Waals surface area (Å²) in [6.45, 7) is 0. The summed E-state index contributed by atoms with van der Waals surface area (Å²) in [5, 5.41) is 11.3. The quantitative estimate of drug-likeness (QED) is 0.803. The van der Waals surface area contributed by atoms with Crippen LogP contribution in [0.5, 0.6) is 11.5 Å². The lowest BCUT2D eigenvalue weighted by Gasteiger charge is -2.16. The van der Waals surface area contributed by atoms with Gasteiger partial charge in [0.1, 0.15) is 0 Å². The Labute approximate surface area is 111 Å². The average molecular weight is 267 g/mol. The predicted octanol–water partition coefficient (Wildman–Crippen LogP) is 1.01.